The van der Waals surface area contributed by atoms with Crippen LogP contribution in [0.25, 0.3) is 6.08 Å². The number of methoxy groups -OCH3 is 1. The van der Waals surface area contributed by atoms with Crippen LogP contribution in [0.5, 0.6) is 11.9 Å². The number of carbonyl (C=O) groups is 1. The van der Waals surface area contributed by atoms with E-state index in [2.05, 4.69) is 9.97 Å². The van der Waals surface area contributed by atoms with E-state index in [1.54, 1.807) is 18.3 Å². The highest BCUT2D eigenvalue weighted by molar-refractivity contribution is 5.91. The number of benzene rings is 1. The van der Waals surface area contributed by atoms with Crippen LogP contribution < -0.4 is 9.47 Å². The number of amides is 1. The molecule has 1 aromatic heterocycles. The Morgan fingerprint density at radius 1 is 1.28 bits per heavy atom. The molecule has 1 atom stereocenters. The van der Waals surface area contributed by atoms with Crippen LogP contribution in [-0.2, 0) is 4.79 Å². The topological polar surface area (TPSA) is 64.6 Å². The molecule has 6 heteroatoms. The molecule has 0 aliphatic carbocycles. The van der Waals surface area contributed by atoms with E-state index in [4.69, 9.17) is 9.47 Å². The molecular weight excluding hydrogens is 318 g/mol. The largest absolute Gasteiger partial charge is 0.472 e. The first kappa shape index (κ1) is 17.0. The highest BCUT2D eigenvalue weighted by atomic mass is 16.5. The summed E-state index contributed by atoms with van der Waals surface area (Å²) in [7, 11) is 1.51. The first-order valence-corrected chi connectivity index (χ1v) is 8.30. The van der Waals surface area contributed by atoms with Crippen molar-refractivity contribution in [3.05, 3.63) is 54.2 Å². The van der Waals surface area contributed by atoms with Crippen LogP contribution in [-0.4, -0.2) is 47.1 Å². The minimum absolute atomic E-state index is 0.00239. The number of likely N-dealkylation sites (tertiary alicyclic amines) is 1. The van der Waals surface area contributed by atoms with Crippen molar-refractivity contribution < 1.29 is 14.3 Å². The molecule has 1 fully saturated rings. The molecule has 6 nitrogen and oxygen atoms in total. The minimum atomic E-state index is -0.0811. The van der Waals surface area contributed by atoms with Crippen molar-refractivity contribution in [1.29, 1.82) is 0 Å². The summed E-state index contributed by atoms with van der Waals surface area (Å²) >= 11 is 0. The molecule has 1 aromatic carbocycles. The van der Waals surface area contributed by atoms with Gasteiger partial charge in [0.15, 0.2) is 0 Å². The van der Waals surface area contributed by atoms with Gasteiger partial charge < -0.3 is 14.4 Å². The number of hydrogen-bond acceptors (Lipinski definition) is 5. The monoisotopic (exact) mass is 339 g/mol. The zero-order valence-electron chi connectivity index (χ0n) is 14.2. The van der Waals surface area contributed by atoms with Gasteiger partial charge in [0.25, 0.3) is 0 Å². The zero-order chi connectivity index (χ0) is 17.5. The summed E-state index contributed by atoms with van der Waals surface area (Å²) in [6.45, 7) is 1.29. The van der Waals surface area contributed by atoms with Gasteiger partial charge in [0, 0.05) is 24.9 Å². The lowest BCUT2D eigenvalue weighted by Crippen LogP contribution is -2.43. The van der Waals surface area contributed by atoms with E-state index in [-0.39, 0.29) is 18.0 Å². The van der Waals surface area contributed by atoms with Crippen molar-refractivity contribution in [2.75, 3.05) is 20.2 Å². The van der Waals surface area contributed by atoms with Gasteiger partial charge in [-0.05, 0) is 24.5 Å². The van der Waals surface area contributed by atoms with Crippen LogP contribution in [0.3, 0.4) is 0 Å². The first-order chi connectivity index (χ1) is 12.2. The maximum absolute atomic E-state index is 12.4. The standard InChI is InChI=1S/C19H21N3O3/c1-24-19-20-12-11-17(21-19)25-16-8-5-13-22(14-16)18(23)10-9-15-6-3-2-4-7-15/h2-4,6-7,9-12,16H,5,8,13-14H2,1H3/b10-9+. The second-order valence-electron chi connectivity index (χ2n) is 5.79. The average Bonchev–Trinajstić information content (AvgIpc) is 2.67. The van der Waals surface area contributed by atoms with Crippen LogP contribution in [0.2, 0.25) is 0 Å². The predicted octanol–water partition coefficient (Wildman–Crippen LogP) is 2.57. The van der Waals surface area contributed by atoms with Crippen LogP contribution in [0.4, 0.5) is 0 Å². The van der Waals surface area contributed by atoms with Gasteiger partial charge in [-0.2, -0.15) is 4.98 Å². The number of carbonyl (C=O) groups excluding carboxylic acids is 1. The molecular formula is C19H21N3O3. The molecule has 0 spiro atoms. The summed E-state index contributed by atoms with van der Waals surface area (Å²) in [6, 6.07) is 11.7. The molecule has 0 radical (unpaired) electrons. The molecule has 1 aliphatic rings. The fourth-order valence-electron chi connectivity index (χ4n) is 2.73. The van der Waals surface area contributed by atoms with E-state index in [1.807, 2.05) is 41.3 Å². The molecule has 1 amide bonds. The number of rotatable bonds is 5. The quantitative estimate of drug-likeness (QED) is 0.784. The van der Waals surface area contributed by atoms with Crippen molar-refractivity contribution >= 4 is 12.0 Å². The van der Waals surface area contributed by atoms with Crippen molar-refractivity contribution in [3.8, 4) is 11.9 Å². The smallest absolute Gasteiger partial charge is 0.319 e. The Morgan fingerprint density at radius 2 is 2.12 bits per heavy atom. The van der Waals surface area contributed by atoms with E-state index in [0.29, 0.717) is 12.4 Å². The Labute approximate surface area is 147 Å². The highest BCUT2D eigenvalue weighted by Gasteiger charge is 2.24. The van der Waals surface area contributed by atoms with E-state index >= 15 is 0 Å². The van der Waals surface area contributed by atoms with E-state index in [0.717, 1.165) is 24.9 Å². The van der Waals surface area contributed by atoms with Gasteiger partial charge in [0.05, 0.1) is 13.7 Å². The van der Waals surface area contributed by atoms with Gasteiger partial charge in [-0.25, -0.2) is 4.98 Å². The summed E-state index contributed by atoms with van der Waals surface area (Å²) in [4.78, 5) is 22.3. The predicted molar refractivity (Wildman–Crippen MR) is 94.3 cm³/mol. The van der Waals surface area contributed by atoms with Crippen LogP contribution in [0.15, 0.2) is 48.7 Å². The maximum Gasteiger partial charge on any atom is 0.319 e. The Bertz CT molecular complexity index is 734. The van der Waals surface area contributed by atoms with Crippen molar-refractivity contribution in [2.24, 2.45) is 0 Å². The third-order valence-corrected chi connectivity index (χ3v) is 3.99. The van der Waals surface area contributed by atoms with Crippen LogP contribution in [0, 0.1) is 0 Å². The van der Waals surface area contributed by atoms with Crippen LogP contribution in [0.1, 0.15) is 18.4 Å². The molecule has 2 aromatic rings. The first-order valence-electron chi connectivity index (χ1n) is 8.30. The molecule has 1 aliphatic heterocycles. The van der Waals surface area contributed by atoms with Crippen LogP contribution >= 0.6 is 0 Å². The molecule has 1 unspecified atom stereocenters. The Balaban J connectivity index is 1.58. The summed E-state index contributed by atoms with van der Waals surface area (Å²) in [5, 5.41) is 0. The summed E-state index contributed by atoms with van der Waals surface area (Å²) < 4.78 is 10.9. The molecule has 0 saturated carbocycles. The fraction of sp³-hybridized carbons (Fsp3) is 0.316. The van der Waals surface area contributed by atoms with Crippen molar-refractivity contribution in [2.45, 2.75) is 18.9 Å². The molecule has 130 valence electrons. The number of nitrogens with zero attached hydrogens (tertiary/aromatic N) is 3. The molecule has 25 heavy (non-hydrogen) atoms. The normalized spacial score (nSPS) is 17.5. The lowest BCUT2D eigenvalue weighted by molar-refractivity contribution is -0.128. The third kappa shape index (κ3) is 4.79. The van der Waals surface area contributed by atoms with Gasteiger partial charge in [-0.1, -0.05) is 30.3 Å². The average molecular weight is 339 g/mol. The third-order valence-electron chi connectivity index (χ3n) is 3.99. The fourth-order valence-corrected chi connectivity index (χ4v) is 2.73. The Morgan fingerprint density at radius 3 is 2.92 bits per heavy atom. The molecule has 2 heterocycles. The zero-order valence-corrected chi connectivity index (χ0v) is 14.2. The van der Waals surface area contributed by atoms with E-state index in [1.165, 1.54) is 7.11 Å². The van der Waals surface area contributed by atoms with Crippen molar-refractivity contribution in [3.63, 3.8) is 0 Å². The second kappa shape index (κ2) is 8.28. The maximum atomic E-state index is 12.4. The number of piperidine rings is 1. The van der Waals surface area contributed by atoms with Gasteiger partial charge in [-0.3, -0.25) is 4.79 Å². The summed E-state index contributed by atoms with van der Waals surface area (Å²) in [5.74, 6) is 0.461. The van der Waals surface area contributed by atoms with E-state index < -0.39 is 0 Å². The molecule has 3 rings (SSSR count). The highest BCUT2D eigenvalue weighted by Crippen LogP contribution is 2.18. The molecule has 0 N–H and O–H groups in total. The Hall–Kier alpha value is -2.89. The number of aromatic nitrogens is 2. The lowest BCUT2D eigenvalue weighted by Gasteiger charge is -2.32. The SMILES string of the molecule is COc1nccc(OC2CCCN(C(=O)/C=C/c3ccccc3)C2)n1. The van der Waals surface area contributed by atoms with Gasteiger partial charge in [-0.15, -0.1) is 0 Å². The lowest BCUT2D eigenvalue weighted by atomic mass is 10.1. The number of ether oxygens (including phenoxy) is 2. The van der Waals surface area contributed by atoms with Gasteiger partial charge in [0.2, 0.25) is 11.8 Å². The molecule has 0 bridgehead atoms. The Kier molecular flexibility index (Phi) is 5.61. The number of hydrogen-bond donors (Lipinski definition) is 0. The summed E-state index contributed by atoms with van der Waals surface area (Å²) in [5.41, 5.74) is 1.01. The second-order valence-corrected chi connectivity index (χ2v) is 5.79. The summed E-state index contributed by atoms with van der Waals surface area (Å²) in [6.07, 6.45) is 6.75. The van der Waals surface area contributed by atoms with Gasteiger partial charge in [0.1, 0.15) is 6.10 Å². The minimum Gasteiger partial charge on any atom is -0.472 e. The molecule has 1 saturated heterocycles. The van der Waals surface area contributed by atoms with E-state index in [9.17, 15) is 4.79 Å². The van der Waals surface area contributed by atoms with Crippen molar-refractivity contribution in [1.82, 2.24) is 14.9 Å². The van der Waals surface area contributed by atoms with Gasteiger partial charge >= 0.3 is 6.01 Å².